The van der Waals surface area contributed by atoms with Crippen molar-refractivity contribution in [1.82, 2.24) is 10.2 Å². The van der Waals surface area contributed by atoms with E-state index in [1.54, 1.807) is 0 Å². The summed E-state index contributed by atoms with van der Waals surface area (Å²) in [7, 11) is 0. The molecule has 1 atom stereocenters. The Balaban J connectivity index is 2.09. The number of likely N-dealkylation sites (tertiary alicyclic amines) is 1. The van der Waals surface area contributed by atoms with E-state index >= 15 is 0 Å². The first-order chi connectivity index (χ1) is 8.99. The van der Waals surface area contributed by atoms with Crippen LogP contribution in [0.5, 0.6) is 0 Å². The number of nitrogens with zero attached hydrogens (tertiary/aromatic N) is 1. The normalized spacial score (nSPS) is 18.5. The lowest BCUT2D eigenvalue weighted by molar-refractivity contribution is -0.119. The highest BCUT2D eigenvalue weighted by molar-refractivity contribution is 14.1. The van der Waals surface area contributed by atoms with E-state index in [0.29, 0.717) is 13.1 Å². The summed E-state index contributed by atoms with van der Waals surface area (Å²) in [5.74, 6) is 0.0189. The number of hydrogen-bond acceptors (Lipinski definition) is 2. The lowest BCUT2D eigenvalue weighted by Gasteiger charge is -2.18. The van der Waals surface area contributed by atoms with Gasteiger partial charge in [0.2, 0.25) is 5.91 Å². The highest BCUT2D eigenvalue weighted by Gasteiger charge is 2.28. The van der Waals surface area contributed by atoms with Gasteiger partial charge in [0, 0.05) is 29.6 Å². The van der Waals surface area contributed by atoms with Crippen LogP contribution in [0.25, 0.3) is 0 Å². The van der Waals surface area contributed by atoms with Crippen molar-refractivity contribution in [2.75, 3.05) is 13.1 Å². The Morgan fingerprint density at radius 1 is 1.42 bits per heavy atom. The molecule has 102 valence electrons. The number of rotatable bonds is 2. The fourth-order valence-corrected chi connectivity index (χ4v) is 2.92. The molecule has 0 aromatic heterocycles. The third kappa shape index (κ3) is 3.26. The van der Waals surface area contributed by atoms with Crippen LogP contribution in [0, 0.1) is 10.5 Å². The highest BCUT2D eigenvalue weighted by Crippen LogP contribution is 2.20. The summed E-state index contributed by atoms with van der Waals surface area (Å²) < 4.78 is 1.01. The van der Waals surface area contributed by atoms with E-state index in [-0.39, 0.29) is 17.9 Å². The Bertz CT molecular complexity index is 516. The molecule has 19 heavy (non-hydrogen) atoms. The third-order valence-electron chi connectivity index (χ3n) is 3.31. The molecular formula is C14H17IN2O2. The SMILES string of the molecule is CC(=O)NC1CCN(C(=O)c2cccc(C)c2I)C1. The molecule has 0 bridgehead atoms. The van der Waals surface area contributed by atoms with Gasteiger partial charge in [0.25, 0.3) is 5.91 Å². The molecular weight excluding hydrogens is 355 g/mol. The topological polar surface area (TPSA) is 49.4 Å². The summed E-state index contributed by atoms with van der Waals surface area (Å²) in [6.07, 6.45) is 0.827. The Labute approximate surface area is 126 Å². The van der Waals surface area contributed by atoms with E-state index in [9.17, 15) is 9.59 Å². The molecule has 1 fully saturated rings. The number of nitrogens with one attached hydrogen (secondary N) is 1. The standard InChI is InChI=1S/C14H17IN2O2/c1-9-4-3-5-12(13(9)15)14(19)17-7-6-11(8-17)16-10(2)18/h3-5,11H,6-8H2,1-2H3,(H,16,18). The van der Waals surface area contributed by atoms with Gasteiger partial charge in [-0.1, -0.05) is 12.1 Å². The number of benzene rings is 1. The second-order valence-electron chi connectivity index (χ2n) is 4.87. The molecule has 0 saturated carbocycles. The van der Waals surface area contributed by atoms with Crippen molar-refractivity contribution < 1.29 is 9.59 Å². The second-order valence-corrected chi connectivity index (χ2v) is 5.95. The van der Waals surface area contributed by atoms with Crippen molar-refractivity contribution in [3.05, 3.63) is 32.9 Å². The predicted molar refractivity (Wildman–Crippen MR) is 82.0 cm³/mol. The predicted octanol–water partition coefficient (Wildman–Crippen LogP) is 1.95. The van der Waals surface area contributed by atoms with E-state index in [2.05, 4.69) is 27.9 Å². The van der Waals surface area contributed by atoms with Gasteiger partial charge >= 0.3 is 0 Å². The first-order valence-electron chi connectivity index (χ1n) is 6.30. The Morgan fingerprint density at radius 2 is 2.16 bits per heavy atom. The number of aryl methyl sites for hydroxylation is 1. The molecule has 4 nitrogen and oxygen atoms in total. The van der Waals surface area contributed by atoms with Crippen LogP contribution in [-0.4, -0.2) is 35.8 Å². The lowest BCUT2D eigenvalue weighted by Crippen LogP contribution is -2.37. The maximum atomic E-state index is 12.5. The molecule has 1 aliphatic rings. The number of amides is 2. The van der Waals surface area contributed by atoms with Crippen LogP contribution in [0.15, 0.2) is 18.2 Å². The summed E-state index contributed by atoms with van der Waals surface area (Å²) >= 11 is 2.21. The van der Waals surface area contributed by atoms with Crippen molar-refractivity contribution in [1.29, 1.82) is 0 Å². The maximum Gasteiger partial charge on any atom is 0.255 e. The second kappa shape index (κ2) is 5.90. The maximum absolute atomic E-state index is 12.5. The quantitative estimate of drug-likeness (QED) is 0.807. The van der Waals surface area contributed by atoms with Crippen LogP contribution in [-0.2, 0) is 4.79 Å². The van der Waals surface area contributed by atoms with Crippen LogP contribution >= 0.6 is 22.6 Å². The van der Waals surface area contributed by atoms with Crippen molar-refractivity contribution in [3.63, 3.8) is 0 Å². The largest absolute Gasteiger partial charge is 0.352 e. The molecule has 1 heterocycles. The van der Waals surface area contributed by atoms with E-state index < -0.39 is 0 Å². The lowest BCUT2D eigenvalue weighted by atomic mass is 10.1. The van der Waals surface area contributed by atoms with E-state index in [0.717, 1.165) is 21.1 Å². The molecule has 2 amide bonds. The summed E-state index contributed by atoms with van der Waals surface area (Å²) in [6, 6.07) is 5.86. The van der Waals surface area contributed by atoms with Crippen molar-refractivity contribution in [2.24, 2.45) is 0 Å². The molecule has 0 spiro atoms. The molecule has 0 aliphatic carbocycles. The molecule has 1 unspecified atom stereocenters. The number of carbonyl (C=O) groups excluding carboxylic acids is 2. The fraction of sp³-hybridized carbons (Fsp3) is 0.429. The van der Waals surface area contributed by atoms with Crippen molar-refractivity contribution in [3.8, 4) is 0 Å². The van der Waals surface area contributed by atoms with Gasteiger partial charge in [0.1, 0.15) is 0 Å². The summed E-state index contributed by atoms with van der Waals surface area (Å²) in [5, 5.41) is 2.87. The van der Waals surface area contributed by atoms with Gasteiger partial charge in [-0.25, -0.2) is 0 Å². The number of halogens is 1. The Kier molecular flexibility index (Phi) is 4.44. The zero-order valence-electron chi connectivity index (χ0n) is 11.1. The molecule has 0 radical (unpaired) electrons. The van der Waals surface area contributed by atoms with Gasteiger partial charge in [-0.3, -0.25) is 9.59 Å². The van der Waals surface area contributed by atoms with Crippen molar-refractivity contribution >= 4 is 34.4 Å². The van der Waals surface area contributed by atoms with Crippen molar-refractivity contribution in [2.45, 2.75) is 26.3 Å². The highest BCUT2D eigenvalue weighted by atomic mass is 127. The molecule has 1 aliphatic heterocycles. The third-order valence-corrected chi connectivity index (χ3v) is 4.74. The summed E-state index contributed by atoms with van der Waals surface area (Å²) in [6.45, 7) is 4.81. The zero-order valence-corrected chi connectivity index (χ0v) is 13.2. The monoisotopic (exact) mass is 372 g/mol. The number of carbonyl (C=O) groups is 2. The van der Waals surface area contributed by atoms with E-state index in [4.69, 9.17) is 0 Å². The minimum atomic E-state index is -0.0376. The van der Waals surface area contributed by atoms with Crippen LogP contribution in [0.2, 0.25) is 0 Å². The summed E-state index contributed by atoms with van der Waals surface area (Å²) in [4.78, 5) is 25.3. The van der Waals surface area contributed by atoms with Gasteiger partial charge in [-0.15, -0.1) is 0 Å². The minimum absolute atomic E-state index is 0.0376. The van der Waals surface area contributed by atoms with Gasteiger partial charge in [0.15, 0.2) is 0 Å². The van der Waals surface area contributed by atoms with Gasteiger partial charge in [-0.2, -0.15) is 0 Å². The Hall–Kier alpha value is -1.11. The molecule has 1 saturated heterocycles. The van der Waals surface area contributed by atoms with Crippen LogP contribution < -0.4 is 5.32 Å². The Morgan fingerprint density at radius 3 is 2.84 bits per heavy atom. The molecule has 5 heteroatoms. The zero-order chi connectivity index (χ0) is 14.0. The average Bonchev–Trinajstić information content (AvgIpc) is 2.79. The molecule has 2 rings (SSSR count). The fourth-order valence-electron chi connectivity index (χ4n) is 2.33. The van der Waals surface area contributed by atoms with Crippen LogP contribution in [0.3, 0.4) is 0 Å². The molecule has 1 aromatic rings. The average molecular weight is 372 g/mol. The summed E-state index contributed by atoms with van der Waals surface area (Å²) in [5.41, 5.74) is 1.87. The van der Waals surface area contributed by atoms with Gasteiger partial charge < -0.3 is 10.2 Å². The first kappa shape index (κ1) is 14.3. The van der Waals surface area contributed by atoms with Gasteiger partial charge in [0.05, 0.1) is 5.56 Å². The molecule has 1 N–H and O–H groups in total. The first-order valence-corrected chi connectivity index (χ1v) is 7.38. The van der Waals surface area contributed by atoms with E-state index in [1.165, 1.54) is 6.92 Å². The van der Waals surface area contributed by atoms with Gasteiger partial charge in [-0.05, 0) is 47.6 Å². The minimum Gasteiger partial charge on any atom is -0.352 e. The van der Waals surface area contributed by atoms with Crippen LogP contribution in [0.4, 0.5) is 0 Å². The smallest absolute Gasteiger partial charge is 0.255 e. The molecule has 1 aromatic carbocycles. The van der Waals surface area contributed by atoms with Crippen LogP contribution in [0.1, 0.15) is 29.3 Å². The number of hydrogen-bond donors (Lipinski definition) is 1. The van der Waals surface area contributed by atoms with E-state index in [1.807, 2.05) is 30.0 Å².